The van der Waals surface area contributed by atoms with Crippen LogP contribution in [-0.4, -0.2) is 33.3 Å². The minimum absolute atomic E-state index is 0.134. The molecule has 0 spiro atoms. The summed E-state index contributed by atoms with van der Waals surface area (Å²) in [5.41, 5.74) is 1.12. The Hall–Kier alpha value is -0.390. The molecule has 0 aliphatic carbocycles. The van der Waals surface area contributed by atoms with Crippen molar-refractivity contribution in [2.24, 2.45) is 0 Å². The third kappa shape index (κ3) is 5.30. The maximum atomic E-state index is 11.6. The molecule has 4 nitrogen and oxygen atoms in total. The van der Waals surface area contributed by atoms with Crippen molar-refractivity contribution < 1.29 is 8.42 Å². The van der Waals surface area contributed by atoms with Gasteiger partial charge in [0.1, 0.15) is 0 Å². The van der Waals surface area contributed by atoms with Gasteiger partial charge in [0.15, 0.2) is 0 Å². The van der Waals surface area contributed by atoms with Crippen LogP contribution >= 0.6 is 0 Å². The Morgan fingerprint density at radius 1 is 1.53 bits per heavy atom. The van der Waals surface area contributed by atoms with E-state index >= 15 is 0 Å². The Balaban J connectivity index is 2.34. The number of rotatable bonds is 5. The molecule has 0 saturated carbocycles. The van der Waals surface area contributed by atoms with Crippen molar-refractivity contribution in [1.29, 1.82) is 0 Å². The molecule has 1 atom stereocenters. The molecule has 1 aliphatic rings. The second-order valence-corrected chi connectivity index (χ2v) is 6.06. The first-order valence-electron chi connectivity index (χ1n) is 5.34. The fourth-order valence-corrected chi connectivity index (χ4v) is 2.86. The van der Waals surface area contributed by atoms with E-state index in [4.69, 9.17) is 0 Å². The lowest BCUT2D eigenvalue weighted by molar-refractivity contribution is 0.567. The van der Waals surface area contributed by atoms with Crippen LogP contribution in [-0.2, 0) is 10.0 Å². The molecule has 1 rings (SSSR count). The fourth-order valence-electron chi connectivity index (χ4n) is 1.60. The number of nitrogens with one attached hydrogen (secondary N) is 2. The predicted octanol–water partition coefficient (Wildman–Crippen LogP) is 0.624. The van der Waals surface area contributed by atoms with Gasteiger partial charge in [0, 0.05) is 12.6 Å². The van der Waals surface area contributed by atoms with Crippen molar-refractivity contribution in [2.75, 3.05) is 18.8 Å². The summed E-state index contributed by atoms with van der Waals surface area (Å²) in [6.45, 7) is 5.24. The minimum Gasteiger partial charge on any atom is -0.313 e. The van der Waals surface area contributed by atoms with E-state index < -0.39 is 10.0 Å². The smallest absolute Gasteiger partial charge is 0.213 e. The largest absolute Gasteiger partial charge is 0.313 e. The first-order chi connectivity index (χ1) is 6.99. The van der Waals surface area contributed by atoms with E-state index in [1.165, 1.54) is 0 Å². The molecule has 0 radical (unpaired) electrons. The Bertz CT molecular complexity index is 312. The zero-order chi connectivity index (χ0) is 11.3. The van der Waals surface area contributed by atoms with Crippen molar-refractivity contribution in [1.82, 2.24) is 10.0 Å². The van der Waals surface area contributed by atoms with Crippen LogP contribution in [0.15, 0.2) is 11.6 Å². The molecule has 1 fully saturated rings. The predicted molar refractivity (Wildman–Crippen MR) is 62.2 cm³/mol. The van der Waals surface area contributed by atoms with Crippen LogP contribution < -0.4 is 10.0 Å². The number of hydrogen-bond donors (Lipinski definition) is 2. The molecule has 1 heterocycles. The molecule has 2 N–H and O–H groups in total. The third-order valence-electron chi connectivity index (χ3n) is 2.40. The topological polar surface area (TPSA) is 58.2 Å². The fraction of sp³-hybridized carbons (Fsp3) is 0.800. The van der Waals surface area contributed by atoms with Gasteiger partial charge < -0.3 is 5.32 Å². The highest BCUT2D eigenvalue weighted by Gasteiger charge is 2.21. The summed E-state index contributed by atoms with van der Waals surface area (Å²) in [5.74, 6) is 0.198. The van der Waals surface area contributed by atoms with E-state index in [1.54, 1.807) is 0 Å². The summed E-state index contributed by atoms with van der Waals surface area (Å²) >= 11 is 0. The van der Waals surface area contributed by atoms with Crippen LogP contribution in [0.5, 0.6) is 0 Å². The third-order valence-corrected chi connectivity index (χ3v) is 3.84. The highest BCUT2D eigenvalue weighted by molar-refractivity contribution is 7.89. The minimum atomic E-state index is -3.12. The number of allylic oxidation sites excluding steroid dienone is 1. The highest BCUT2D eigenvalue weighted by atomic mass is 32.2. The van der Waals surface area contributed by atoms with Crippen LogP contribution in [0.4, 0.5) is 0 Å². The van der Waals surface area contributed by atoms with E-state index in [2.05, 4.69) is 10.0 Å². The van der Waals surface area contributed by atoms with Crippen molar-refractivity contribution in [3.8, 4) is 0 Å². The quantitative estimate of drug-likeness (QED) is 0.683. The average Bonchev–Trinajstić information content (AvgIpc) is 2.54. The average molecular weight is 232 g/mol. The standard InChI is InChI=1S/C10H20N2O2S/c1-9(2)5-7-12-15(13,14)8-10-4-3-6-11-10/h5,10-12H,3-4,6-8H2,1-2H3. The lowest BCUT2D eigenvalue weighted by Crippen LogP contribution is -2.36. The zero-order valence-electron chi connectivity index (χ0n) is 9.41. The van der Waals surface area contributed by atoms with Gasteiger partial charge in [-0.15, -0.1) is 0 Å². The summed E-state index contributed by atoms with van der Waals surface area (Å²) in [7, 11) is -3.12. The van der Waals surface area contributed by atoms with Gasteiger partial charge in [-0.2, -0.15) is 0 Å². The Morgan fingerprint density at radius 3 is 2.80 bits per heavy atom. The van der Waals surface area contributed by atoms with Crippen molar-refractivity contribution in [3.05, 3.63) is 11.6 Å². The van der Waals surface area contributed by atoms with Crippen LogP contribution in [0.3, 0.4) is 0 Å². The van der Waals surface area contributed by atoms with Crippen molar-refractivity contribution in [2.45, 2.75) is 32.7 Å². The molecular weight excluding hydrogens is 212 g/mol. The SMILES string of the molecule is CC(C)=CCNS(=O)(=O)CC1CCCN1. The molecule has 0 bridgehead atoms. The lowest BCUT2D eigenvalue weighted by Gasteiger charge is -2.10. The van der Waals surface area contributed by atoms with Crippen LogP contribution in [0, 0.1) is 0 Å². The maximum Gasteiger partial charge on any atom is 0.213 e. The molecular formula is C10H20N2O2S. The second-order valence-electron chi connectivity index (χ2n) is 4.20. The van der Waals surface area contributed by atoms with Gasteiger partial charge in [0.2, 0.25) is 10.0 Å². The summed E-state index contributed by atoms with van der Waals surface area (Å²) in [5, 5.41) is 3.18. The first kappa shape index (κ1) is 12.7. The maximum absolute atomic E-state index is 11.6. The van der Waals surface area contributed by atoms with Crippen LogP contribution in [0.2, 0.25) is 0 Å². The second kappa shape index (κ2) is 5.63. The van der Waals surface area contributed by atoms with Gasteiger partial charge in [-0.05, 0) is 33.2 Å². The van der Waals surface area contributed by atoms with Gasteiger partial charge in [0.05, 0.1) is 5.75 Å². The molecule has 5 heteroatoms. The molecule has 1 aliphatic heterocycles. The van der Waals surface area contributed by atoms with E-state index in [9.17, 15) is 8.42 Å². The summed E-state index contributed by atoms with van der Waals surface area (Å²) in [6.07, 6.45) is 3.91. The molecule has 0 aromatic rings. The molecule has 15 heavy (non-hydrogen) atoms. The lowest BCUT2D eigenvalue weighted by atomic mass is 10.3. The Kier molecular flexibility index (Phi) is 4.76. The van der Waals surface area contributed by atoms with Crippen LogP contribution in [0.1, 0.15) is 26.7 Å². The summed E-state index contributed by atoms with van der Waals surface area (Å²) in [6, 6.07) is 0.134. The van der Waals surface area contributed by atoms with E-state index in [0.717, 1.165) is 25.0 Å². The van der Waals surface area contributed by atoms with E-state index in [0.29, 0.717) is 6.54 Å². The monoisotopic (exact) mass is 232 g/mol. The molecule has 0 aromatic carbocycles. The Morgan fingerprint density at radius 2 is 2.27 bits per heavy atom. The van der Waals surface area contributed by atoms with Gasteiger partial charge in [-0.1, -0.05) is 11.6 Å². The molecule has 0 aromatic heterocycles. The van der Waals surface area contributed by atoms with Crippen molar-refractivity contribution in [3.63, 3.8) is 0 Å². The Labute approximate surface area is 92.2 Å². The highest BCUT2D eigenvalue weighted by Crippen LogP contribution is 2.06. The normalized spacial score (nSPS) is 21.6. The molecule has 1 saturated heterocycles. The van der Waals surface area contributed by atoms with Crippen LogP contribution in [0.25, 0.3) is 0 Å². The van der Waals surface area contributed by atoms with Crippen molar-refractivity contribution >= 4 is 10.0 Å². The first-order valence-corrected chi connectivity index (χ1v) is 6.99. The number of sulfonamides is 1. The van der Waals surface area contributed by atoms with E-state index in [-0.39, 0.29) is 11.8 Å². The zero-order valence-corrected chi connectivity index (χ0v) is 10.2. The molecule has 1 unspecified atom stereocenters. The molecule has 88 valence electrons. The molecule has 0 amide bonds. The number of hydrogen-bond acceptors (Lipinski definition) is 3. The van der Waals surface area contributed by atoms with E-state index in [1.807, 2.05) is 19.9 Å². The van der Waals surface area contributed by atoms with Gasteiger partial charge in [-0.25, -0.2) is 13.1 Å². The van der Waals surface area contributed by atoms with Gasteiger partial charge in [0.25, 0.3) is 0 Å². The summed E-state index contributed by atoms with van der Waals surface area (Å²) < 4.78 is 25.7. The summed E-state index contributed by atoms with van der Waals surface area (Å²) in [4.78, 5) is 0. The van der Waals surface area contributed by atoms with Gasteiger partial charge >= 0.3 is 0 Å². The van der Waals surface area contributed by atoms with Gasteiger partial charge in [-0.3, -0.25) is 0 Å².